The molecule has 0 N–H and O–H groups in total. The summed E-state index contributed by atoms with van der Waals surface area (Å²) in [6.45, 7) is 11.7. The van der Waals surface area contributed by atoms with E-state index in [1.807, 2.05) is 0 Å². The number of nitrogens with zero attached hydrogens (tertiary/aromatic N) is 3. The van der Waals surface area contributed by atoms with E-state index in [0.29, 0.717) is 11.9 Å². The molecule has 0 aromatic rings. The van der Waals surface area contributed by atoms with E-state index in [2.05, 4.69) is 28.5 Å². The SMILES string of the molecule is CC(C)N1CC(C(=O)N2CCN(CC3CCCCC3)CC2)C1. The Morgan fingerprint density at radius 1 is 1.00 bits per heavy atom. The topological polar surface area (TPSA) is 26.8 Å². The second-order valence-electron chi connectivity index (χ2n) is 7.87. The highest BCUT2D eigenvalue weighted by Gasteiger charge is 2.37. The predicted molar refractivity (Wildman–Crippen MR) is 89.8 cm³/mol. The van der Waals surface area contributed by atoms with Crippen molar-refractivity contribution in [1.82, 2.24) is 14.7 Å². The average Bonchev–Trinajstić information content (AvgIpc) is 2.47. The van der Waals surface area contributed by atoms with Crippen LogP contribution in [0.4, 0.5) is 0 Å². The third kappa shape index (κ3) is 3.83. The summed E-state index contributed by atoms with van der Waals surface area (Å²) in [5, 5.41) is 0. The molecule has 1 saturated carbocycles. The van der Waals surface area contributed by atoms with Crippen LogP contribution in [-0.2, 0) is 4.79 Å². The molecule has 4 nitrogen and oxygen atoms in total. The third-order valence-electron chi connectivity index (χ3n) is 5.91. The van der Waals surface area contributed by atoms with Crippen molar-refractivity contribution in [2.24, 2.45) is 11.8 Å². The van der Waals surface area contributed by atoms with Crippen molar-refractivity contribution in [1.29, 1.82) is 0 Å². The van der Waals surface area contributed by atoms with Crippen molar-refractivity contribution in [3.05, 3.63) is 0 Å². The van der Waals surface area contributed by atoms with E-state index in [1.54, 1.807) is 0 Å². The summed E-state index contributed by atoms with van der Waals surface area (Å²) in [6.07, 6.45) is 7.14. The number of rotatable bonds is 4. The minimum Gasteiger partial charge on any atom is -0.340 e. The molecule has 22 heavy (non-hydrogen) atoms. The van der Waals surface area contributed by atoms with E-state index in [-0.39, 0.29) is 5.92 Å². The van der Waals surface area contributed by atoms with Crippen LogP contribution in [0, 0.1) is 11.8 Å². The average molecular weight is 307 g/mol. The standard InChI is InChI=1S/C18H33N3O/c1-15(2)21-13-17(14-21)18(22)20-10-8-19(9-11-20)12-16-6-4-3-5-7-16/h15-17H,3-14H2,1-2H3. The van der Waals surface area contributed by atoms with Gasteiger partial charge < -0.3 is 4.90 Å². The molecule has 1 amide bonds. The van der Waals surface area contributed by atoms with Gasteiger partial charge in [0.2, 0.25) is 5.91 Å². The molecule has 2 aliphatic heterocycles. The summed E-state index contributed by atoms with van der Waals surface area (Å²) in [5.74, 6) is 1.60. The fourth-order valence-electron chi connectivity index (χ4n) is 4.23. The number of carbonyl (C=O) groups excluding carboxylic acids is 1. The molecule has 0 atom stereocenters. The van der Waals surface area contributed by atoms with Gasteiger partial charge in [-0.25, -0.2) is 0 Å². The molecular weight excluding hydrogens is 274 g/mol. The lowest BCUT2D eigenvalue weighted by molar-refractivity contribution is -0.143. The largest absolute Gasteiger partial charge is 0.340 e. The lowest BCUT2D eigenvalue weighted by Gasteiger charge is -2.44. The Hall–Kier alpha value is -0.610. The molecule has 2 heterocycles. The van der Waals surface area contributed by atoms with Gasteiger partial charge in [0.15, 0.2) is 0 Å². The van der Waals surface area contributed by atoms with Gasteiger partial charge in [0.05, 0.1) is 5.92 Å². The second-order valence-corrected chi connectivity index (χ2v) is 7.87. The Kier molecular flexibility index (Phi) is 5.40. The first-order chi connectivity index (χ1) is 10.6. The first-order valence-corrected chi connectivity index (χ1v) is 9.38. The summed E-state index contributed by atoms with van der Waals surface area (Å²) >= 11 is 0. The van der Waals surface area contributed by atoms with Gasteiger partial charge in [-0.05, 0) is 32.6 Å². The molecule has 0 bridgehead atoms. The molecule has 0 unspecified atom stereocenters. The van der Waals surface area contributed by atoms with Crippen molar-refractivity contribution in [3.63, 3.8) is 0 Å². The molecule has 2 saturated heterocycles. The van der Waals surface area contributed by atoms with Gasteiger partial charge in [-0.3, -0.25) is 14.6 Å². The number of carbonyl (C=O) groups is 1. The smallest absolute Gasteiger partial charge is 0.228 e. The molecular formula is C18H33N3O. The Morgan fingerprint density at radius 3 is 2.23 bits per heavy atom. The van der Waals surface area contributed by atoms with Gasteiger partial charge in [0.1, 0.15) is 0 Å². The molecule has 0 aromatic carbocycles. The van der Waals surface area contributed by atoms with E-state index in [9.17, 15) is 4.79 Å². The maximum Gasteiger partial charge on any atom is 0.228 e. The highest BCUT2D eigenvalue weighted by atomic mass is 16.2. The number of hydrogen-bond acceptors (Lipinski definition) is 3. The van der Waals surface area contributed by atoms with Crippen LogP contribution in [0.15, 0.2) is 0 Å². The molecule has 3 aliphatic rings. The molecule has 3 rings (SSSR count). The minimum absolute atomic E-state index is 0.271. The highest BCUT2D eigenvalue weighted by molar-refractivity contribution is 5.80. The Morgan fingerprint density at radius 2 is 1.64 bits per heavy atom. The number of likely N-dealkylation sites (tertiary alicyclic amines) is 1. The molecule has 0 aromatic heterocycles. The van der Waals surface area contributed by atoms with Gasteiger partial charge >= 0.3 is 0 Å². The van der Waals surface area contributed by atoms with Crippen LogP contribution in [0.3, 0.4) is 0 Å². The zero-order chi connectivity index (χ0) is 15.5. The van der Waals surface area contributed by atoms with Gasteiger partial charge in [0.25, 0.3) is 0 Å². The maximum absolute atomic E-state index is 12.5. The van der Waals surface area contributed by atoms with Crippen LogP contribution in [-0.4, -0.2) is 72.5 Å². The summed E-state index contributed by atoms with van der Waals surface area (Å²) in [7, 11) is 0. The first-order valence-electron chi connectivity index (χ1n) is 9.38. The van der Waals surface area contributed by atoms with Crippen LogP contribution in [0.1, 0.15) is 46.0 Å². The summed E-state index contributed by atoms with van der Waals surface area (Å²) in [5.41, 5.74) is 0. The van der Waals surface area contributed by atoms with Crippen molar-refractivity contribution >= 4 is 5.91 Å². The second kappa shape index (κ2) is 7.31. The molecule has 4 heteroatoms. The van der Waals surface area contributed by atoms with Crippen LogP contribution >= 0.6 is 0 Å². The molecule has 1 aliphatic carbocycles. The van der Waals surface area contributed by atoms with Crippen molar-refractivity contribution in [2.45, 2.75) is 52.0 Å². The lowest BCUT2D eigenvalue weighted by atomic mass is 9.89. The highest BCUT2D eigenvalue weighted by Crippen LogP contribution is 2.25. The normalized spacial score (nSPS) is 26.4. The number of hydrogen-bond donors (Lipinski definition) is 0. The van der Waals surface area contributed by atoms with E-state index in [4.69, 9.17) is 0 Å². The van der Waals surface area contributed by atoms with E-state index in [1.165, 1.54) is 38.6 Å². The van der Waals surface area contributed by atoms with E-state index >= 15 is 0 Å². The number of piperazine rings is 1. The van der Waals surface area contributed by atoms with Crippen molar-refractivity contribution < 1.29 is 4.79 Å². The van der Waals surface area contributed by atoms with Crippen LogP contribution in [0.25, 0.3) is 0 Å². The summed E-state index contributed by atoms with van der Waals surface area (Å²) in [6, 6.07) is 0.580. The number of amides is 1. The van der Waals surface area contributed by atoms with E-state index < -0.39 is 0 Å². The summed E-state index contributed by atoms with van der Waals surface area (Å²) in [4.78, 5) is 19.6. The molecule has 126 valence electrons. The van der Waals surface area contributed by atoms with Crippen LogP contribution in [0.5, 0.6) is 0 Å². The fraction of sp³-hybridized carbons (Fsp3) is 0.944. The molecule has 0 radical (unpaired) electrons. The minimum atomic E-state index is 0.271. The van der Waals surface area contributed by atoms with Crippen molar-refractivity contribution in [3.8, 4) is 0 Å². The Balaban J connectivity index is 1.37. The van der Waals surface area contributed by atoms with Crippen molar-refractivity contribution in [2.75, 3.05) is 45.8 Å². The van der Waals surface area contributed by atoms with Gasteiger partial charge in [0, 0.05) is 51.9 Å². The maximum atomic E-state index is 12.5. The Labute approximate surface area is 135 Å². The Bertz CT molecular complexity index is 365. The van der Waals surface area contributed by atoms with Gasteiger partial charge in [-0.2, -0.15) is 0 Å². The third-order valence-corrected chi connectivity index (χ3v) is 5.91. The lowest BCUT2D eigenvalue weighted by Crippen LogP contribution is -2.59. The zero-order valence-corrected chi connectivity index (χ0v) is 14.5. The molecule has 0 spiro atoms. The van der Waals surface area contributed by atoms with Gasteiger partial charge in [-0.15, -0.1) is 0 Å². The quantitative estimate of drug-likeness (QED) is 0.795. The van der Waals surface area contributed by atoms with Crippen LogP contribution < -0.4 is 0 Å². The monoisotopic (exact) mass is 307 g/mol. The van der Waals surface area contributed by atoms with Gasteiger partial charge in [-0.1, -0.05) is 19.3 Å². The fourth-order valence-corrected chi connectivity index (χ4v) is 4.23. The predicted octanol–water partition coefficient (Wildman–Crippen LogP) is 2.05. The van der Waals surface area contributed by atoms with Crippen LogP contribution in [0.2, 0.25) is 0 Å². The summed E-state index contributed by atoms with van der Waals surface area (Å²) < 4.78 is 0. The van der Waals surface area contributed by atoms with E-state index in [0.717, 1.165) is 45.2 Å². The first kappa shape index (κ1) is 16.3. The zero-order valence-electron chi connectivity index (χ0n) is 14.5. The molecule has 3 fully saturated rings.